The Bertz CT molecular complexity index is 541. The fourth-order valence-electron chi connectivity index (χ4n) is 1.74. The van der Waals surface area contributed by atoms with E-state index in [0.717, 1.165) is 20.9 Å². The number of nitrogens with one attached hydrogen (secondary N) is 1. The summed E-state index contributed by atoms with van der Waals surface area (Å²) >= 11 is 4.98. The molecule has 0 saturated heterocycles. The minimum atomic E-state index is -0.214. The lowest BCUT2D eigenvalue weighted by Crippen LogP contribution is -2.22. The monoisotopic (exact) mass is 344 g/mol. The van der Waals surface area contributed by atoms with Gasteiger partial charge in [0.25, 0.3) is 0 Å². The maximum absolute atomic E-state index is 13.1. The molecule has 0 aliphatic carbocycles. The first-order valence-electron chi connectivity index (χ1n) is 5.72. The molecule has 0 aliphatic rings. The third-order valence-electron chi connectivity index (χ3n) is 2.72. The number of aromatic nitrogens is 3. The number of hydrogen-bond donors (Lipinski definition) is 1. The highest BCUT2D eigenvalue weighted by Crippen LogP contribution is 2.27. The van der Waals surface area contributed by atoms with Gasteiger partial charge >= 0.3 is 0 Å². The van der Waals surface area contributed by atoms with Crippen LogP contribution in [0.15, 0.2) is 33.8 Å². The highest BCUT2D eigenvalue weighted by Gasteiger charge is 2.18. The number of thioether (sulfide) groups is 1. The molecular weight excluding hydrogens is 331 g/mol. The first-order valence-corrected chi connectivity index (χ1v) is 7.50. The number of benzene rings is 1. The Morgan fingerprint density at radius 2 is 2.32 bits per heavy atom. The molecule has 102 valence electrons. The van der Waals surface area contributed by atoms with Crippen molar-refractivity contribution in [2.24, 2.45) is 7.05 Å². The van der Waals surface area contributed by atoms with Crippen molar-refractivity contribution in [3.05, 3.63) is 40.4 Å². The zero-order valence-corrected chi connectivity index (χ0v) is 13.0. The number of rotatable bonds is 5. The average molecular weight is 345 g/mol. The van der Waals surface area contributed by atoms with Crippen LogP contribution >= 0.6 is 27.7 Å². The molecule has 1 N–H and O–H groups in total. The van der Waals surface area contributed by atoms with Gasteiger partial charge in [-0.25, -0.2) is 9.07 Å². The van der Waals surface area contributed by atoms with Gasteiger partial charge in [-0.05, 0) is 41.2 Å². The van der Waals surface area contributed by atoms with E-state index in [1.807, 2.05) is 20.2 Å². The highest BCUT2D eigenvalue weighted by molar-refractivity contribution is 9.10. The summed E-state index contributed by atoms with van der Waals surface area (Å²) in [5.41, 5.74) is 0.978. The summed E-state index contributed by atoms with van der Waals surface area (Å²) in [6, 6.07) is 6.68. The number of nitrogens with zero attached hydrogens (tertiary/aromatic N) is 3. The van der Waals surface area contributed by atoms with Gasteiger partial charge in [-0.15, -0.1) is 16.9 Å². The van der Waals surface area contributed by atoms with E-state index in [1.54, 1.807) is 22.5 Å². The molecule has 0 fully saturated rings. The van der Waals surface area contributed by atoms with E-state index in [2.05, 4.69) is 31.6 Å². The lowest BCUT2D eigenvalue weighted by molar-refractivity contribution is 0.578. The van der Waals surface area contributed by atoms with Crippen LogP contribution in [0.25, 0.3) is 0 Å². The minimum absolute atomic E-state index is 0.0858. The van der Waals surface area contributed by atoms with Gasteiger partial charge in [0.05, 0.1) is 11.7 Å². The van der Waals surface area contributed by atoms with Gasteiger partial charge in [-0.3, -0.25) is 0 Å². The molecule has 1 heterocycles. The molecule has 1 unspecified atom stereocenters. The molecule has 0 amide bonds. The zero-order chi connectivity index (χ0) is 13.8. The lowest BCUT2D eigenvalue weighted by atomic mass is 10.2. The van der Waals surface area contributed by atoms with Crippen molar-refractivity contribution in [3.8, 4) is 0 Å². The molecule has 1 aromatic carbocycles. The molecule has 0 spiro atoms. The molecule has 0 saturated carbocycles. The van der Waals surface area contributed by atoms with E-state index in [-0.39, 0.29) is 11.9 Å². The molecule has 7 heteroatoms. The van der Waals surface area contributed by atoms with E-state index < -0.39 is 0 Å². The van der Waals surface area contributed by atoms with Crippen LogP contribution < -0.4 is 5.32 Å². The van der Waals surface area contributed by atoms with Crippen molar-refractivity contribution < 1.29 is 4.39 Å². The van der Waals surface area contributed by atoms with Crippen LogP contribution in [0.5, 0.6) is 0 Å². The SMILES string of the molecule is CNC(CSc1cccc(F)c1)c1c(Br)nnn1C. The Morgan fingerprint density at radius 1 is 1.53 bits per heavy atom. The number of halogens is 2. The summed E-state index contributed by atoms with van der Waals surface area (Å²) in [5, 5.41) is 11.2. The average Bonchev–Trinajstić information content (AvgIpc) is 2.71. The first-order chi connectivity index (χ1) is 9.11. The standard InChI is InChI=1S/C12H14BrFN4S/c1-15-10(11-12(13)16-17-18(11)2)7-19-9-5-3-4-8(14)6-9/h3-6,10,15H,7H2,1-2H3. The van der Waals surface area contributed by atoms with Crippen LogP contribution in [0.1, 0.15) is 11.7 Å². The number of aryl methyl sites for hydroxylation is 1. The van der Waals surface area contributed by atoms with Gasteiger partial charge < -0.3 is 5.32 Å². The van der Waals surface area contributed by atoms with Crippen LogP contribution in [0, 0.1) is 5.82 Å². The molecule has 0 bridgehead atoms. The van der Waals surface area contributed by atoms with Crippen molar-refractivity contribution in [1.29, 1.82) is 0 Å². The molecule has 2 aromatic rings. The van der Waals surface area contributed by atoms with Gasteiger partial charge in [0.1, 0.15) is 5.82 Å². The summed E-state index contributed by atoms with van der Waals surface area (Å²) in [6.07, 6.45) is 0. The third-order valence-corrected chi connectivity index (χ3v) is 4.37. The van der Waals surface area contributed by atoms with E-state index in [1.165, 1.54) is 12.1 Å². The van der Waals surface area contributed by atoms with Crippen LogP contribution in [-0.2, 0) is 7.05 Å². The van der Waals surface area contributed by atoms with E-state index in [4.69, 9.17) is 0 Å². The predicted octanol–water partition coefficient (Wildman–Crippen LogP) is 2.77. The van der Waals surface area contributed by atoms with Crippen molar-refractivity contribution in [2.45, 2.75) is 10.9 Å². The summed E-state index contributed by atoms with van der Waals surface area (Å²) in [4.78, 5) is 0.909. The third kappa shape index (κ3) is 3.55. The van der Waals surface area contributed by atoms with Crippen molar-refractivity contribution in [2.75, 3.05) is 12.8 Å². The van der Waals surface area contributed by atoms with E-state index in [9.17, 15) is 4.39 Å². The fourth-order valence-corrected chi connectivity index (χ4v) is 3.40. The maximum atomic E-state index is 13.1. The maximum Gasteiger partial charge on any atom is 0.153 e. The van der Waals surface area contributed by atoms with E-state index in [0.29, 0.717) is 0 Å². The second kappa shape index (κ2) is 6.49. The summed E-state index contributed by atoms with van der Waals surface area (Å²) in [7, 11) is 3.74. The molecule has 0 radical (unpaired) electrons. The summed E-state index contributed by atoms with van der Waals surface area (Å²) < 4.78 is 15.6. The van der Waals surface area contributed by atoms with E-state index >= 15 is 0 Å². The number of hydrogen-bond acceptors (Lipinski definition) is 4. The highest BCUT2D eigenvalue weighted by atomic mass is 79.9. The Kier molecular flexibility index (Phi) is 4.95. The van der Waals surface area contributed by atoms with Gasteiger partial charge in [-0.2, -0.15) is 0 Å². The Hall–Kier alpha value is -0.920. The second-order valence-electron chi connectivity index (χ2n) is 4.00. The first kappa shape index (κ1) is 14.5. The van der Waals surface area contributed by atoms with Gasteiger partial charge in [-0.1, -0.05) is 11.3 Å². The van der Waals surface area contributed by atoms with Crippen molar-refractivity contribution >= 4 is 27.7 Å². The largest absolute Gasteiger partial charge is 0.311 e. The minimum Gasteiger partial charge on any atom is -0.311 e. The Morgan fingerprint density at radius 3 is 2.89 bits per heavy atom. The quantitative estimate of drug-likeness (QED) is 0.847. The van der Waals surface area contributed by atoms with Crippen LogP contribution in [0.2, 0.25) is 0 Å². The summed E-state index contributed by atoms with van der Waals surface area (Å²) in [5.74, 6) is 0.550. The smallest absolute Gasteiger partial charge is 0.153 e. The van der Waals surface area contributed by atoms with Crippen LogP contribution in [-0.4, -0.2) is 27.8 Å². The van der Waals surface area contributed by atoms with Crippen molar-refractivity contribution in [3.63, 3.8) is 0 Å². The molecular formula is C12H14BrFN4S. The Balaban J connectivity index is 2.08. The molecule has 1 aromatic heterocycles. The lowest BCUT2D eigenvalue weighted by Gasteiger charge is -2.16. The summed E-state index contributed by atoms with van der Waals surface area (Å²) in [6.45, 7) is 0. The second-order valence-corrected chi connectivity index (χ2v) is 5.84. The molecule has 19 heavy (non-hydrogen) atoms. The molecule has 0 aliphatic heterocycles. The van der Waals surface area contributed by atoms with Crippen molar-refractivity contribution in [1.82, 2.24) is 20.3 Å². The predicted molar refractivity (Wildman–Crippen MR) is 77.6 cm³/mol. The fraction of sp³-hybridized carbons (Fsp3) is 0.333. The van der Waals surface area contributed by atoms with Gasteiger partial charge in [0, 0.05) is 17.7 Å². The van der Waals surface area contributed by atoms with Gasteiger partial charge in [0.15, 0.2) is 4.60 Å². The molecule has 2 rings (SSSR count). The normalized spacial score (nSPS) is 12.6. The topological polar surface area (TPSA) is 42.7 Å². The molecule has 1 atom stereocenters. The zero-order valence-electron chi connectivity index (χ0n) is 10.6. The van der Waals surface area contributed by atoms with Gasteiger partial charge in [0.2, 0.25) is 0 Å². The molecule has 4 nitrogen and oxygen atoms in total. The van der Waals surface area contributed by atoms with Crippen LogP contribution in [0.4, 0.5) is 4.39 Å². The van der Waals surface area contributed by atoms with Crippen LogP contribution in [0.3, 0.4) is 0 Å². The Labute approximate surface area is 123 Å².